The SMILES string of the molecule is CCNC(=O)OCCCNC. The maximum atomic E-state index is 10.7. The van der Waals surface area contributed by atoms with Gasteiger partial charge >= 0.3 is 6.09 Å². The van der Waals surface area contributed by atoms with E-state index in [2.05, 4.69) is 10.6 Å². The Kier molecular flexibility index (Phi) is 6.82. The van der Waals surface area contributed by atoms with E-state index in [0.717, 1.165) is 13.0 Å². The van der Waals surface area contributed by atoms with Crippen LogP contribution in [0.15, 0.2) is 0 Å². The number of carbonyl (C=O) groups is 1. The van der Waals surface area contributed by atoms with Gasteiger partial charge in [-0.3, -0.25) is 0 Å². The van der Waals surface area contributed by atoms with Gasteiger partial charge in [0.2, 0.25) is 0 Å². The molecule has 0 saturated carbocycles. The third-order valence-corrected chi connectivity index (χ3v) is 1.13. The number of rotatable bonds is 5. The van der Waals surface area contributed by atoms with Crippen molar-refractivity contribution >= 4 is 6.09 Å². The third-order valence-electron chi connectivity index (χ3n) is 1.13. The normalized spacial score (nSPS) is 9.27. The summed E-state index contributed by atoms with van der Waals surface area (Å²) in [4.78, 5) is 10.7. The van der Waals surface area contributed by atoms with Crippen LogP contribution in [0.1, 0.15) is 13.3 Å². The van der Waals surface area contributed by atoms with Gasteiger partial charge in [0.1, 0.15) is 0 Å². The molecule has 0 bridgehead atoms. The van der Waals surface area contributed by atoms with Crippen molar-refractivity contribution < 1.29 is 9.53 Å². The van der Waals surface area contributed by atoms with E-state index in [1.54, 1.807) is 0 Å². The van der Waals surface area contributed by atoms with E-state index in [9.17, 15) is 4.79 Å². The van der Waals surface area contributed by atoms with Gasteiger partial charge in [0.15, 0.2) is 0 Å². The molecule has 2 N–H and O–H groups in total. The molecule has 0 fully saturated rings. The average molecular weight is 160 g/mol. The van der Waals surface area contributed by atoms with Gasteiger partial charge in [-0.05, 0) is 26.9 Å². The molecule has 66 valence electrons. The Labute approximate surface area is 67.3 Å². The molecule has 0 aromatic rings. The van der Waals surface area contributed by atoms with Crippen molar-refractivity contribution in [1.82, 2.24) is 10.6 Å². The van der Waals surface area contributed by atoms with E-state index in [4.69, 9.17) is 4.74 Å². The summed E-state index contributed by atoms with van der Waals surface area (Å²) in [6.45, 7) is 3.83. The molecule has 0 aliphatic carbocycles. The van der Waals surface area contributed by atoms with Gasteiger partial charge in [-0.25, -0.2) is 4.79 Å². The fourth-order valence-electron chi connectivity index (χ4n) is 0.609. The highest BCUT2D eigenvalue weighted by Crippen LogP contribution is 1.81. The van der Waals surface area contributed by atoms with Crippen molar-refractivity contribution in [1.29, 1.82) is 0 Å². The molecule has 0 spiro atoms. The highest BCUT2D eigenvalue weighted by molar-refractivity contribution is 5.66. The Morgan fingerprint density at radius 2 is 2.27 bits per heavy atom. The highest BCUT2D eigenvalue weighted by atomic mass is 16.5. The number of nitrogens with one attached hydrogen (secondary N) is 2. The fourth-order valence-corrected chi connectivity index (χ4v) is 0.609. The summed E-state index contributed by atoms with van der Waals surface area (Å²) in [5, 5.41) is 5.50. The van der Waals surface area contributed by atoms with Crippen LogP contribution in [-0.4, -0.2) is 32.8 Å². The lowest BCUT2D eigenvalue weighted by Gasteiger charge is -2.03. The molecule has 0 aromatic heterocycles. The summed E-state index contributed by atoms with van der Waals surface area (Å²) < 4.78 is 4.79. The Morgan fingerprint density at radius 3 is 2.82 bits per heavy atom. The van der Waals surface area contributed by atoms with Crippen LogP contribution < -0.4 is 10.6 Å². The zero-order valence-corrected chi connectivity index (χ0v) is 7.14. The summed E-state index contributed by atoms with van der Waals surface area (Å²) >= 11 is 0. The van der Waals surface area contributed by atoms with Crippen LogP contribution in [0.5, 0.6) is 0 Å². The van der Waals surface area contributed by atoms with Crippen LogP contribution in [-0.2, 0) is 4.74 Å². The van der Waals surface area contributed by atoms with Gasteiger partial charge in [-0.2, -0.15) is 0 Å². The van der Waals surface area contributed by atoms with E-state index < -0.39 is 0 Å². The topological polar surface area (TPSA) is 50.4 Å². The Hall–Kier alpha value is -0.770. The number of amides is 1. The summed E-state index contributed by atoms with van der Waals surface area (Å²) in [6, 6.07) is 0. The van der Waals surface area contributed by atoms with E-state index in [1.165, 1.54) is 0 Å². The molecular formula is C7H16N2O2. The number of hydrogen-bond acceptors (Lipinski definition) is 3. The molecule has 0 aliphatic rings. The highest BCUT2D eigenvalue weighted by Gasteiger charge is 1.96. The van der Waals surface area contributed by atoms with Crippen LogP contribution in [0, 0.1) is 0 Å². The molecule has 0 atom stereocenters. The van der Waals surface area contributed by atoms with Gasteiger partial charge in [0.05, 0.1) is 6.61 Å². The minimum Gasteiger partial charge on any atom is -0.450 e. The van der Waals surface area contributed by atoms with Crippen LogP contribution in [0.4, 0.5) is 4.79 Å². The number of hydrogen-bond donors (Lipinski definition) is 2. The zero-order chi connectivity index (χ0) is 8.53. The second kappa shape index (κ2) is 7.34. The smallest absolute Gasteiger partial charge is 0.407 e. The summed E-state index contributed by atoms with van der Waals surface area (Å²) in [6.07, 6.45) is 0.525. The molecule has 4 heteroatoms. The standard InChI is InChI=1S/C7H16N2O2/c1-3-9-7(10)11-6-4-5-8-2/h8H,3-6H2,1-2H3,(H,9,10). The second-order valence-corrected chi connectivity index (χ2v) is 2.12. The minimum atomic E-state index is -0.330. The summed E-state index contributed by atoms with van der Waals surface area (Å²) in [5.41, 5.74) is 0. The summed E-state index contributed by atoms with van der Waals surface area (Å²) in [5.74, 6) is 0. The van der Waals surface area contributed by atoms with Crippen molar-refractivity contribution in [2.45, 2.75) is 13.3 Å². The summed E-state index contributed by atoms with van der Waals surface area (Å²) in [7, 11) is 1.87. The Morgan fingerprint density at radius 1 is 1.55 bits per heavy atom. The number of ether oxygens (including phenoxy) is 1. The predicted molar refractivity (Wildman–Crippen MR) is 43.6 cm³/mol. The lowest BCUT2D eigenvalue weighted by atomic mass is 10.4. The van der Waals surface area contributed by atoms with E-state index >= 15 is 0 Å². The van der Waals surface area contributed by atoms with Crippen molar-refractivity contribution in [3.63, 3.8) is 0 Å². The largest absolute Gasteiger partial charge is 0.450 e. The first-order valence-electron chi connectivity index (χ1n) is 3.86. The van der Waals surface area contributed by atoms with Crippen LogP contribution >= 0.6 is 0 Å². The quantitative estimate of drug-likeness (QED) is 0.570. The lowest BCUT2D eigenvalue weighted by Crippen LogP contribution is -2.24. The van der Waals surface area contributed by atoms with Gasteiger partial charge in [0.25, 0.3) is 0 Å². The molecule has 0 radical (unpaired) electrons. The minimum absolute atomic E-state index is 0.330. The first-order chi connectivity index (χ1) is 5.31. The van der Waals surface area contributed by atoms with Crippen molar-refractivity contribution in [3.05, 3.63) is 0 Å². The number of alkyl carbamates (subject to hydrolysis) is 1. The van der Waals surface area contributed by atoms with Crippen LogP contribution in [0.2, 0.25) is 0 Å². The fraction of sp³-hybridized carbons (Fsp3) is 0.857. The van der Waals surface area contributed by atoms with E-state index in [-0.39, 0.29) is 6.09 Å². The zero-order valence-electron chi connectivity index (χ0n) is 7.14. The molecule has 1 amide bonds. The maximum Gasteiger partial charge on any atom is 0.407 e. The van der Waals surface area contributed by atoms with Crippen molar-refractivity contribution in [2.24, 2.45) is 0 Å². The van der Waals surface area contributed by atoms with Gasteiger partial charge in [0, 0.05) is 6.54 Å². The van der Waals surface area contributed by atoms with Crippen LogP contribution in [0.25, 0.3) is 0 Å². The molecule has 0 rings (SSSR count). The number of carbonyl (C=O) groups excluding carboxylic acids is 1. The molecule has 0 aliphatic heterocycles. The third kappa shape index (κ3) is 7.12. The second-order valence-electron chi connectivity index (χ2n) is 2.12. The molecule has 4 nitrogen and oxygen atoms in total. The molecule has 11 heavy (non-hydrogen) atoms. The first kappa shape index (κ1) is 10.2. The molecule has 0 saturated heterocycles. The van der Waals surface area contributed by atoms with Gasteiger partial charge < -0.3 is 15.4 Å². The predicted octanol–water partition coefficient (Wildman–Crippen LogP) is 0.342. The Balaban J connectivity index is 3.04. The molecular weight excluding hydrogens is 144 g/mol. The van der Waals surface area contributed by atoms with Gasteiger partial charge in [-0.15, -0.1) is 0 Å². The lowest BCUT2D eigenvalue weighted by molar-refractivity contribution is 0.145. The first-order valence-corrected chi connectivity index (χ1v) is 3.86. The van der Waals surface area contributed by atoms with Crippen molar-refractivity contribution in [3.8, 4) is 0 Å². The van der Waals surface area contributed by atoms with Crippen LogP contribution in [0.3, 0.4) is 0 Å². The molecule has 0 unspecified atom stereocenters. The maximum absolute atomic E-state index is 10.7. The van der Waals surface area contributed by atoms with Gasteiger partial charge in [-0.1, -0.05) is 0 Å². The van der Waals surface area contributed by atoms with Crippen molar-refractivity contribution in [2.75, 3.05) is 26.7 Å². The van der Waals surface area contributed by atoms with E-state index in [1.807, 2.05) is 14.0 Å². The average Bonchev–Trinajstić information content (AvgIpc) is 1.99. The Bertz CT molecular complexity index is 107. The molecule has 0 aromatic carbocycles. The van der Waals surface area contributed by atoms with E-state index in [0.29, 0.717) is 13.2 Å². The monoisotopic (exact) mass is 160 g/mol. The molecule has 0 heterocycles.